The van der Waals surface area contributed by atoms with Gasteiger partial charge in [-0.2, -0.15) is 0 Å². The third-order valence-electron chi connectivity index (χ3n) is 3.72. The van der Waals surface area contributed by atoms with E-state index >= 15 is 0 Å². The molecule has 2 fully saturated rings. The average molecular weight is 320 g/mol. The van der Waals surface area contributed by atoms with E-state index in [-0.39, 0.29) is 24.0 Å². The first-order chi connectivity index (χ1) is 9.87. The molecular weight excluding hydrogens is 300 g/mol. The lowest BCUT2D eigenvalue weighted by Gasteiger charge is -2.27. The zero-order chi connectivity index (χ0) is 15.5. The molecule has 0 aromatic heterocycles. The number of aliphatic carboxylic acids is 1. The Morgan fingerprint density at radius 3 is 2.62 bits per heavy atom. The molecular formula is C12H20N2O6S. The summed E-state index contributed by atoms with van der Waals surface area (Å²) >= 11 is 0. The largest absolute Gasteiger partial charge is 0.480 e. The van der Waals surface area contributed by atoms with Crippen molar-refractivity contribution in [2.75, 3.05) is 31.2 Å². The van der Waals surface area contributed by atoms with Crippen LogP contribution in [0.25, 0.3) is 0 Å². The molecule has 0 aliphatic carbocycles. The molecule has 2 heterocycles. The SMILES string of the molecule is O=C(O)CN(C(=O)NCC1CCCO1)C1CCS(=O)(=O)C1. The molecule has 2 unspecified atom stereocenters. The molecule has 0 bridgehead atoms. The highest BCUT2D eigenvalue weighted by Crippen LogP contribution is 2.18. The Kier molecular flexibility index (Phi) is 5.04. The van der Waals surface area contributed by atoms with Crippen LogP contribution in [0, 0.1) is 0 Å². The quantitative estimate of drug-likeness (QED) is 0.702. The van der Waals surface area contributed by atoms with Crippen LogP contribution in [-0.4, -0.2) is 73.8 Å². The molecule has 2 amide bonds. The number of carboxylic acid groups (broad SMARTS) is 1. The molecule has 8 nitrogen and oxygen atoms in total. The highest BCUT2D eigenvalue weighted by Gasteiger charge is 2.35. The molecule has 0 radical (unpaired) electrons. The predicted molar refractivity (Wildman–Crippen MR) is 73.8 cm³/mol. The molecule has 0 saturated carbocycles. The Balaban J connectivity index is 1.94. The van der Waals surface area contributed by atoms with Gasteiger partial charge in [-0.15, -0.1) is 0 Å². The number of nitrogens with one attached hydrogen (secondary N) is 1. The van der Waals surface area contributed by atoms with Crippen LogP contribution in [0.5, 0.6) is 0 Å². The number of nitrogens with zero attached hydrogens (tertiary/aromatic N) is 1. The van der Waals surface area contributed by atoms with Crippen LogP contribution < -0.4 is 5.32 Å². The maximum Gasteiger partial charge on any atom is 0.323 e. The van der Waals surface area contributed by atoms with E-state index < -0.39 is 34.4 Å². The van der Waals surface area contributed by atoms with Crippen LogP contribution in [0.1, 0.15) is 19.3 Å². The Labute approximate surface area is 123 Å². The molecule has 0 aromatic rings. The minimum Gasteiger partial charge on any atom is -0.480 e. The standard InChI is InChI=1S/C12H20N2O6S/c15-11(16)7-14(9-3-5-21(18,19)8-9)12(17)13-6-10-2-1-4-20-10/h9-10H,1-8H2,(H,13,17)(H,15,16). The molecule has 2 aliphatic heterocycles. The van der Waals surface area contributed by atoms with Gasteiger partial charge < -0.3 is 20.1 Å². The number of rotatable bonds is 5. The van der Waals surface area contributed by atoms with Crippen molar-refractivity contribution < 1.29 is 27.9 Å². The van der Waals surface area contributed by atoms with Crippen molar-refractivity contribution in [2.24, 2.45) is 0 Å². The van der Waals surface area contributed by atoms with Gasteiger partial charge in [-0.1, -0.05) is 0 Å². The number of hydrogen-bond donors (Lipinski definition) is 2. The first-order valence-electron chi connectivity index (χ1n) is 6.96. The molecule has 2 atom stereocenters. The van der Waals surface area contributed by atoms with E-state index in [0.717, 1.165) is 17.7 Å². The summed E-state index contributed by atoms with van der Waals surface area (Å²) in [6.07, 6.45) is 2.04. The van der Waals surface area contributed by atoms with Gasteiger partial charge in [0.25, 0.3) is 0 Å². The van der Waals surface area contributed by atoms with Gasteiger partial charge in [-0.25, -0.2) is 13.2 Å². The fourth-order valence-electron chi connectivity index (χ4n) is 2.64. The van der Waals surface area contributed by atoms with Crippen LogP contribution in [0.3, 0.4) is 0 Å². The number of ether oxygens (including phenoxy) is 1. The lowest BCUT2D eigenvalue weighted by molar-refractivity contribution is -0.138. The van der Waals surface area contributed by atoms with Gasteiger partial charge in [0.15, 0.2) is 9.84 Å². The third-order valence-corrected chi connectivity index (χ3v) is 5.47. The van der Waals surface area contributed by atoms with E-state index in [2.05, 4.69) is 5.32 Å². The second-order valence-electron chi connectivity index (χ2n) is 5.40. The van der Waals surface area contributed by atoms with Crippen molar-refractivity contribution in [3.8, 4) is 0 Å². The van der Waals surface area contributed by atoms with Gasteiger partial charge in [0.2, 0.25) is 0 Å². The maximum absolute atomic E-state index is 12.1. The van der Waals surface area contributed by atoms with Crippen molar-refractivity contribution in [1.29, 1.82) is 0 Å². The van der Waals surface area contributed by atoms with Crippen molar-refractivity contribution in [2.45, 2.75) is 31.4 Å². The van der Waals surface area contributed by atoms with Gasteiger partial charge in [0.1, 0.15) is 6.54 Å². The summed E-state index contributed by atoms with van der Waals surface area (Å²) in [5.74, 6) is -1.34. The van der Waals surface area contributed by atoms with Gasteiger partial charge in [-0.3, -0.25) is 4.79 Å². The normalized spacial score (nSPS) is 27.4. The number of amides is 2. The summed E-state index contributed by atoms with van der Waals surface area (Å²) < 4.78 is 28.4. The van der Waals surface area contributed by atoms with Crippen molar-refractivity contribution in [3.05, 3.63) is 0 Å². The van der Waals surface area contributed by atoms with Crippen LogP contribution in [0.4, 0.5) is 4.79 Å². The fraction of sp³-hybridized carbons (Fsp3) is 0.833. The van der Waals surface area contributed by atoms with Gasteiger partial charge in [-0.05, 0) is 19.3 Å². The Morgan fingerprint density at radius 1 is 1.33 bits per heavy atom. The number of carbonyl (C=O) groups excluding carboxylic acids is 1. The van der Waals surface area contributed by atoms with Crippen LogP contribution in [0.2, 0.25) is 0 Å². The van der Waals surface area contributed by atoms with E-state index in [1.807, 2.05) is 0 Å². The fourth-order valence-corrected chi connectivity index (χ4v) is 4.37. The van der Waals surface area contributed by atoms with E-state index in [9.17, 15) is 18.0 Å². The molecule has 120 valence electrons. The number of hydrogen-bond acceptors (Lipinski definition) is 5. The Morgan fingerprint density at radius 2 is 2.10 bits per heavy atom. The summed E-state index contributed by atoms with van der Waals surface area (Å²) in [4.78, 5) is 24.1. The molecule has 21 heavy (non-hydrogen) atoms. The first-order valence-corrected chi connectivity index (χ1v) is 8.78. The van der Waals surface area contributed by atoms with E-state index in [1.54, 1.807) is 0 Å². The zero-order valence-corrected chi connectivity index (χ0v) is 12.5. The van der Waals surface area contributed by atoms with Gasteiger partial charge >= 0.3 is 12.0 Å². The molecule has 2 N–H and O–H groups in total. The number of sulfone groups is 1. The maximum atomic E-state index is 12.1. The number of urea groups is 1. The average Bonchev–Trinajstić information content (AvgIpc) is 3.02. The highest BCUT2D eigenvalue weighted by atomic mass is 32.2. The second-order valence-corrected chi connectivity index (χ2v) is 7.63. The highest BCUT2D eigenvalue weighted by molar-refractivity contribution is 7.91. The first kappa shape index (κ1) is 16.0. The molecule has 2 rings (SSSR count). The summed E-state index contributed by atoms with van der Waals surface area (Å²) in [6, 6.07) is -1.12. The molecule has 2 aliphatic rings. The third kappa shape index (κ3) is 4.57. The molecule has 0 spiro atoms. The van der Waals surface area contributed by atoms with Crippen LogP contribution in [0.15, 0.2) is 0 Å². The molecule has 0 aromatic carbocycles. The van der Waals surface area contributed by atoms with E-state index in [1.165, 1.54) is 0 Å². The van der Waals surface area contributed by atoms with Crippen molar-refractivity contribution in [3.63, 3.8) is 0 Å². The lowest BCUT2D eigenvalue weighted by atomic mass is 10.2. The summed E-state index contributed by atoms with van der Waals surface area (Å²) in [6.45, 7) is 0.478. The Bertz CT molecular complexity index is 500. The number of carboxylic acids is 1. The van der Waals surface area contributed by atoms with E-state index in [0.29, 0.717) is 13.2 Å². The smallest absolute Gasteiger partial charge is 0.323 e. The molecule has 2 saturated heterocycles. The van der Waals surface area contributed by atoms with Crippen molar-refractivity contribution >= 4 is 21.8 Å². The summed E-state index contributed by atoms with van der Waals surface area (Å²) in [7, 11) is -3.18. The zero-order valence-electron chi connectivity index (χ0n) is 11.7. The lowest BCUT2D eigenvalue weighted by Crippen LogP contribution is -2.50. The number of carbonyl (C=O) groups is 2. The van der Waals surface area contributed by atoms with E-state index in [4.69, 9.17) is 9.84 Å². The monoisotopic (exact) mass is 320 g/mol. The van der Waals surface area contributed by atoms with Crippen molar-refractivity contribution in [1.82, 2.24) is 10.2 Å². The minimum absolute atomic E-state index is 0.00714. The molecule has 9 heteroatoms. The summed E-state index contributed by atoms with van der Waals surface area (Å²) in [5, 5.41) is 11.5. The predicted octanol–water partition coefficient (Wildman–Crippen LogP) is -0.551. The second kappa shape index (κ2) is 6.61. The minimum atomic E-state index is -3.18. The van der Waals surface area contributed by atoms with Gasteiger partial charge in [0, 0.05) is 19.2 Å². The van der Waals surface area contributed by atoms with Crippen LogP contribution >= 0.6 is 0 Å². The Hall–Kier alpha value is -1.35. The van der Waals surface area contributed by atoms with Crippen LogP contribution in [-0.2, 0) is 19.4 Å². The summed E-state index contributed by atoms with van der Waals surface area (Å²) in [5.41, 5.74) is 0. The topological polar surface area (TPSA) is 113 Å². The van der Waals surface area contributed by atoms with Gasteiger partial charge in [0.05, 0.1) is 17.6 Å².